The minimum absolute atomic E-state index is 0. The van der Waals surface area contributed by atoms with Crippen LogP contribution in [-0.4, -0.2) is 4.57 Å². The van der Waals surface area contributed by atoms with Crippen LogP contribution in [0, 0.1) is 0 Å². The Morgan fingerprint density at radius 2 is 1.46 bits per heavy atom. The van der Waals surface area contributed by atoms with E-state index in [0.717, 1.165) is 17.3 Å². The van der Waals surface area contributed by atoms with E-state index in [0.29, 0.717) is 0 Å². The van der Waals surface area contributed by atoms with Crippen LogP contribution < -0.4 is 31.4 Å². The summed E-state index contributed by atoms with van der Waals surface area (Å²) in [6.07, 6.45) is 2.01. The molecule has 0 N–H and O–H groups in total. The molecule has 7 rings (SSSR count). The molecule has 0 unspecified atom stereocenters. The van der Waals surface area contributed by atoms with Crippen molar-refractivity contribution in [3.63, 3.8) is 0 Å². The topological polar surface area (TPSA) is 4.93 Å². The second-order valence-corrected chi connectivity index (χ2v) is 16.7. The Balaban J connectivity index is 0.00000127. The molecule has 0 saturated carbocycles. The van der Waals surface area contributed by atoms with E-state index in [9.17, 15) is 0 Å². The molecular formula is C29H20BrCl2NSZr. The van der Waals surface area contributed by atoms with Crippen LogP contribution in [0.3, 0.4) is 0 Å². The number of aromatic nitrogens is 1. The fourth-order valence-electron chi connectivity index (χ4n) is 5.93. The summed E-state index contributed by atoms with van der Waals surface area (Å²) in [4.78, 5) is 0. The van der Waals surface area contributed by atoms with Crippen LogP contribution in [0.25, 0.3) is 33.3 Å². The first kappa shape index (κ1) is 25.2. The molecule has 0 atom stereocenters. The molecule has 2 aliphatic carbocycles. The number of halogens is 3. The normalized spacial score (nSPS) is 12.0. The number of hydrogen-bond acceptors (Lipinski definition) is 1. The summed E-state index contributed by atoms with van der Waals surface area (Å²) in [5.41, 5.74) is 12.6. The predicted molar refractivity (Wildman–Crippen MR) is 140 cm³/mol. The van der Waals surface area contributed by atoms with E-state index in [4.69, 9.17) is 8.86 Å². The fraction of sp³-hybridized carbons (Fsp3) is 0.103. The number of rotatable bonds is 2. The second-order valence-electron chi connectivity index (χ2n) is 9.06. The van der Waals surface area contributed by atoms with Crippen molar-refractivity contribution in [2.75, 3.05) is 0 Å². The third kappa shape index (κ3) is 3.71. The molecule has 1 nitrogen and oxygen atoms in total. The molecule has 6 heteroatoms. The molecule has 0 radical (unpaired) electrons. The molecule has 172 valence electrons. The summed E-state index contributed by atoms with van der Waals surface area (Å²) in [5, 5.41) is 1.43. The van der Waals surface area contributed by atoms with E-state index in [1.54, 1.807) is 0 Å². The van der Waals surface area contributed by atoms with Crippen molar-refractivity contribution in [3.8, 4) is 22.4 Å². The largest absolute Gasteiger partial charge is 1.00 e. The van der Waals surface area contributed by atoms with Crippen molar-refractivity contribution in [2.45, 2.75) is 12.8 Å². The Kier molecular flexibility index (Phi) is 6.83. The summed E-state index contributed by atoms with van der Waals surface area (Å²) >= 11 is 1.13. The molecule has 0 spiro atoms. The summed E-state index contributed by atoms with van der Waals surface area (Å²) < 4.78 is 6.48. The molecule has 0 bridgehead atoms. The zero-order chi connectivity index (χ0) is 22.3. The average molecular weight is 657 g/mol. The van der Waals surface area contributed by atoms with Gasteiger partial charge in [-0.25, -0.2) is 0 Å². The van der Waals surface area contributed by atoms with Gasteiger partial charge >= 0.3 is 214 Å². The van der Waals surface area contributed by atoms with Crippen LogP contribution >= 0.6 is 24.8 Å². The van der Waals surface area contributed by atoms with Gasteiger partial charge in [0.15, 0.2) is 0 Å². The Morgan fingerprint density at radius 3 is 2.31 bits per heavy atom. The van der Waals surface area contributed by atoms with Crippen molar-refractivity contribution in [3.05, 3.63) is 106 Å². The Labute approximate surface area is 237 Å². The van der Waals surface area contributed by atoms with Crippen LogP contribution in [0.5, 0.6) is 0 Å². The van der Waals surface area contributed by atoms with Gasteiger partial charge in [0.1, 0.15) is 0 Å². The summed E-state index contributed by atoms with van der Waals surface area (Å²) in [6.45, 7) is 0. The summed E-state index contributed by atoms with van der Waals surface area (Å²) in [6, 6.07) is 29.2. The zero-order valence-corrected chi connectivity index (χ0v) is 25.3. The van der Waals surface area contributed by atoms with E-state index in [1.807, 2.05) is 0 Å². The van der Waals surface area contributed by atoms with E-state index >= 15 is 0 Å². The van der Waals surface area contributed by atoms with Crippen molar-refractivity contribution in [2.24, 2.45) is 7.05 Å². The van der Waals surface area contributed by atoms with Gasteiger partial charge in [-0.15, -0.1) is 0 Å². The van der Waals surface area contributed by atoms with Crippen molar-refractivity contribution >= 4 is 42.2 Å². The van der Waals surface area contributed by atoms with Crippen molar-refractivity contribution in [1.29, 1.82) is 0 Å². The summed E-state index contributed by atoms with van der Waals surface area (Å²) in [7, 11) is 8.73. The van der Waals surface area contributed by atoms with Crippen LogP contribution in [0.1, 0.15) is 22.3 Å². The molecular weight excluding hydrogens is 636 g/mol. The van der Waals surface area contributed by atoms with Crippen molar-refractivity contribution < 1.29 is 44.5 Å². The SMILES string of the molecule is Cn1c2c(c3[c]([Zr+2](=[S])[c]4cccc5c4Cc4ccccc4-5)cccc31)Cc1cc(Br)ccc1-2.[Cl-].[Cl-]. The molecule has 1 aromatic heterocycles. The number of nitrogens with zero attached hydrogens (tertiary/aromatic N) is 1. The van der Waals surface area contributed by atoms with E-state index in [2.05, 4.69) is 106 Å². The van der Waals surface area contributed by atoms with Crippen LogP contribution in [0.15, 0.2) is 83.3 Å². The van der Waals surface area contributed by atoms with Crippen LogP contribution in [0.4, 0.5) is 0 Å². The number of fused-ring (bicyclic) bond motifs is 8. The Hall–Kier alpha value is -1.42. The number of aryl methyl sites for hydroxylation is 1. The second kappa shape index (κ2) is 9.47. The monoisotopic (exact) mass is 653 g/mol. The first-order valence-corrected chi connectivity index (χ1v) is 17.9. The van der Waals surface area contributed by atoms with Gasteiger partial charge in [0.05, 0.1) is 0 Å². The molecule has 0 aliphatic heterocycles. The minimum atomic E-state index is -2.53. The molecule has 35 heavy (non-hydrogen) atoms. The van der Waals surface area contributed by atoms with Gasteiger partial charge in [-0.05, 0) is 0 Å². The van der Waals surface area contributed by atoms with Crippen LogP contribution in [0.2, 0.25) is 0 Å². The maximum atomic E-state index is 6.52. The molecule has 0 fully saturated rings. The smallest absolute Gasteiger partial charge is 1.00 e. The maximum Gasteiger partial charge on any atom is -1.00 e. The van der Waals surface area contributed by atoms with Crippen molar-refractivity contribution in [1.82, 2.24) is 4.57 Å². The maximum absolute atomic E-state index is 6.52. The molecule has 0 amide bonds. The van der Waals surface area contributed by atoms with E-state index in [1.165, 1.54) is 62.1 Å². The zero-order valence-electron chi connectivity index (χ0n) is 18.9. The molecule has 4 aromatic carbocycles. The third-order valence-corrected chi connectivity index (χ3v) is 15.0. The fourth-order valence-corrected chi connectivity index (χ4v) is 12.9. The Bertz CT molecular complexity index is 1670. The quantitative estimate of drug-likeness (QED) is 0.267. The first-order chi connectivity index (χ1) is 16.1. The van der Waals surface area contributed by atoms with Gasteiger partial charge in [0.2, 0.25) is 0 Å². The summed E-state index contributed by atoms with van der Waals surface area (Å²) in [5.74, 6) is 0. The van der Waals surface area contributed by atoms with E-state index in [-0.39, 0.29) is 24.8 Å². The standard InChI is InChI=1S/C16H11BrN.C13H9.2ClH.S.Zr/c1-18-15-5-3-2-4-13(15)14-9-10-8-11(17)6-7-12(10)16(14)18;1-3-7-12-10(5-1)9-11-6-2-4-8-13(11)12;;;;/h2-3,5-8H,9H2,1H3;1-5,7-8H,9H2;2*1H;;/q;;;;;+2/p-2. The average Bonchev–Trinajstić information content (AvgIpc) is 3.48. The van der Waals surface area contributed by atoms with Gasteiger partial charge < -0.3 is 24.8 Å². The minimum Gasteiger partial charge on any atom is -1.00 e. The van der Waals surface area contributed by atoms with Crippen LogP contribution in [-0.2, 0) is 39.6 Å². The van der Waals surface area contributed by atoms with Gasteiger partial charge in [-0.1, -0.05) is 0 Å². The molecule has 0 saturated heterocycles. The first-order valence-electron chi connectivity index (χ1n) is 11.3. The van der Waals surface area contributed by atoms with Gasteiger partial charge in [0, 0.05) is 0 Å². The molecule has 2 aliphatic rings. The third-order valence-electron chi connectivity index (χ3n) is 7.36. The van der Waals surface area contributed by atoms with E-state index < -0.39 is 19.7 Å². The molecule has 1 heterocycles. The number of benzene rings is 4. The van der Waals surface area contributed by atoms with Gasteiger partial charge in [0.25, 0.3) is 0 Å². The number of hydrogen-bond donors (Lipinski definition) is 0. The predicted octanol–water partition coefficient (Wildman–Crippen LogP) is 0.773. The Morgan fingerprint density at radius 1 is 0.743 bits per heavy atom. The van der Waals surface area contributed by atoms with Gasteiger partial charge in [-0.3, -0.25) is 0 Å². The van der Waals surface area contributed by atoms with Gasteiger partial charge in [-0.2, -0.15) is 0 Å². The molecule has 5 aromatic rings.